The van der Waals surface area contributed by atoms with Crippen LogP contribution in [0.4, 0.5) is 0 Å². The molecule has 0 aromatic heterocycles. The molecule has 2 saturated heterocycles. The Labute approximate surface area is 100 Å². The molecule has 0 radical (unpaired) electrons. The Morgan fingerprint density at radius 3 is 2.85 bits per heavy atom. The molecule has 0 aromatic carbocycles. The van der Waals surface area contributed by atoms with E-state index in [4.69, 9.17) is 5.84 Å². The molecule has 68 valence electrons. The number of piperidine rings is 1. The van der Waals surface area contributed by atoms with Crippen LogP contribution in [0.15, 0.2) is 0 Å². The Hall–Kier alpha value is 0.390. The summed E-state index contributed by atoms with van der Waals surface area (Å²) in [5, 5.41) is 0. The summed E-state index contributed by atoms with van der Waals surface area (Å²) < 4.78 is 0. The number of amides is 1. The molecule has 2 N–H and O–H groups in total. The molecule has 5 heteroatoms. The largest absolute Gasteiger partial charge is 1.00 e. The summed E-state index contributed by atoms with van der Waals surface area (Å²) in [6, 6.07) is -0.0127. The van der Waals surface area contributed by atoms with E-state index in [1.54, 1.807) is 0 Å². The molecule has 1 amide bonds. The standard InChI is InChI=1S/C8H14N3O.Na/c9-10-8(12)7-2-1-6-3-4-11(7)5-6;/h6-7,9H,1-5H2,(H,10,12);/q-1;+1. The first-order chi connectivity index (χ1) is 5.81. The number of carbonyl (C=O) groups excluding carboxylic acids is 1. The summed E-state index contributed by atoms with van der Waals surface area (Å²) in [6.45, 7) is 2.11. The summed E-state index contributed by atoms with van der Waals surface area (Å²) in [6.07, 6.45) is 3.34. The van der Waals surface area contributed by atoms with Gasteiger partial charge in [-0.3, -0.25) is 9.69 Å². The number of nitrogens with zero attached hydrogens (tertiary/aromatic N) is 1. The first kappa shape index (κ1) is 11.5. The van der Waals surface area contributed by atoms with Gasteiger partial charge in [-0.2, -0.15) is 0 Å². The van der Waals surface area contributed by atoms with Gasteiger partial charge in [0.1, 0.15) is 0 Å². The van der Waals surface area contributed by atoms with Crippen molar-refractivity contribution in [1.82, 2.24) is 10.3 Å². The summed E-state index contributed by atoms with van der Waals surface area (Å²) in [5.74, 6) is 7.49. The maximum absolute atomic E-state index is 11.2. The minimum atomic E-state index is -0.129. The fraction of sp³-hybridized carbons (Fsp3) is 0.875. The summed E-state index contributed by atoms with van der Waals surface area (Å²) in [4.78, 5) is 13.4. The van der Waals surface area contributed by atoms with Crippen LogP contribution in [-0.4, -0.2) is 29.9 Å². The Kier molecular flexibility index (Phi) is 4.19. The minimum absolute atomic E-state index is 0. The van der Waals surface area contributed by atoms with E-state index in [-0.39, 0.29) is 41.5 Å². The first-order valence-electron chi connectivity index (χ1n) is 4.52. The Balaban J connectivity index is 0.000000845. The van der Waals surface area contributed by atoms with E-state index in [2.05, 4.69) is 4.90 Å². The van der Waals surface area contributed by atoms with Crippen molar-refractivity contribution in [2.45, 2.75) is 25.3 Å². The van der Waals surface area contributed by atoms with Gasteiger partial charge in [0.05, 0.1) is 6.04 Å². The molecule has 3 atom stereocenters. The van der Waals surface area contributed by atoms with Gasteiger partial charge in [0, 0.05) is 6.54 Å². The average Bonchev–Trinajstić information content (AvgIpc) is 2.47. The van der Waals surface area contributed by atoms with E-state index in [0.29, 0.717) is 0 Å². The number of carbonyl (C=O) groups is 1. The number of fused-ring (bicyclic) bond motifs is 2. The molecule has 0 spiro atoms. The van der Waals surface area contributed by atoms with Crippen LogP contribution in [0.1, 0.15) is 19.3 Å². The van der Waals surface area contributed by atoms with E-state index in [9.17, 15) is 4.79 Å². The first-order valence-corrected chi connectivity index (χ1v) is 4.52. The van der Waals surface area contributed by atoms with Gasteiger partial charge >= 0.3 is 29.6 Å². The third kappa shape index (κ3) is 2.25. The second-order valence-corrected chi connectivity index (χ2v) is 3.73. The van der Waals surface area contributed by atoms with E-state index in [1.165, 1.54) is 6.42 Å². The van der Waals surface area contributed by atoms with Crippen LogP contribution in [0.25, 0.3) is 5.84 Å². The van der Waals surface area contributed by atoms with Gasteiger partial charge < -0.3 is 11.3 Å². The summed E-state index contributed by atoms with van der Waals surface area (Å²) in [7, 11) is 0. The molecule has 3 unspecified atom stereocenters. The average molecular weight is 191 g/mol. The van der Waals surface area contributed by atoms with Crippen molar-refractivity contribution in [3.8, 4) is 0 Å². The maximum Gasteiger partial charge on any atom is 1.00 e. The van der Waals surface area contributed by atoms with Crippen LogP contribution in [-0.2, 0) is 4.79 Å². The van der Waals surface area contributed by atoms with Crippen molar-refractivity contribution in [1.29, 1.82) is 0 Å². The van der Waals surface area contributed by atoms with Gasteiger partial charge in [0.15, 0.2) is 0 Å². The third-order valence-electron chi connectivity index (χ3n) is 3.03. The monoisotopic (exact) mass is 191 g/mol. The Morgan fingerprint density at radius 1 is 1.38 bits per heavy atom. The van der Waals surface area contributed by atoms with Crippen molar-refractivity contribution in [3.63, 3.8) is 0 Å². The van der Waals surface area contributed by atoms with Crippen molar-refractivity contribution < 1.29 is 34.4 Å². The molecular formula is C8H14N3NaO. The molecule has 4 nitrogen and oxygen atoms in total. The Bertz CT molecular complexity index is 200. The molecule has 2 heterocycles. The van der Waals surface area contributed by atoms with Crippen LogP contribution in [0.2, 0.25) is 0 Å². The van der Waals surface area contributed by atoms with Crippen molar-refractivity contribution >= 4 is 5.91 Å². The topological polar surface area (TPSA) is 56.1 Å². The van der Waals surface area contributed by atoms with E-state index in [1.807, 2.05) is 5.43 Å². The number of rotatable bonds is 1. The van der Waals surface area contributed by atoms with Gasteiger partial charge in [-0.05, 0) is 31.7 Å². The SMILES string of the molecule is [NH-]NC(=O)C1CCC2CCN1C2.[Na+]. The van der Waals surface area contributed by atoms with Gasteiger partial charge in [0.2, 0.25) is 5.91 Å². The minimum Gasteiger partial charge on any atom is -0.584 e. The van der Waals surface area contributed by atoms with Crippen molar-refractivity contribution in [2.24, 2.45) is 5.92 Å². The molecule has 0 aliphatic carbocycles. The van der Waals surface area contributed by atoms with E-state index in [0.717, 1.165) is 31.8 Å². The second kappa shape index (κ2) is 4.75. The number of hydrogen-bond acceptors (Lipinski definition) is 2. The molecule has 0 saturated carbocycles. The van der Waals surface area contributed by atoms with Crippen LogP contribution >= 0.6 is 0 Å². The normalized spacial score (nSPS) is 36.5. The van der Waals surface area contributed by atoms with Gasteiger partial charge in [-0.15, -0.1) is 0 Å². The predicted octanol–water partition coefficient (Wildman–Crippen LogP) is -2.44. The summed E-state index contributed by atoms with van der Waals surface area (Å²) in [5.41, 5.74) is 1.99. The molecule has 0 aromatic rings. The molecule has 2 rings (SSSR count). The van der Waals surface area contributed by atoms with Gasteiger partial charge in [-0.25, -0.2) is 0 Å². The molecule has 13 heavy (non-hydrogen) atoms. The number of hydrogen-bond donors (Lipinski definition) is 1. The third-order valence-corrected chi connectivity index (χ3v) is 3.03. The molecule has 2 bridgehead atoms. The van der Waals surface area contributed by atoms with Crippen molar-refractivity contribution in [2.75, 3.05) is 13.1 Å². The molecule has 2 aliphatic heterocycles. The predicted molar refractivity (Wildman–Crippen MR) is 45.2 cm³/mol. The zero-order valence-corrected chi connectivity index (χ0v) is 10.0. The van der Waals surface area contributed by atoms with Crippen LogP contribution in [0.3, 0.4) is 0 Å². The smallest absolute Gasteiger partial charge is 0.584 e. The molecular weight excluding hydrogens is 177 g/mol. The van der Waals surface area contributed by atoms with Gasteiger partial charge in [-0.1, -0.05) is 0 Å². The second-order valence-electron chi connectivity index (χ2n) is 3.73. The zero-order valence-electron chi connectivity index (χ0n) is 8.05. The van der Waals surface area contributed by atoms with Crippen molar-refractivity contribution in [3.05, 3.63) is 5.84 Å². The fourth-order valence-electron chi connectivity index (χ4n) is 2.34. The molecule has 2 aliphatic rings. The van der Waals surface area contributed by atoms with Crippen LogP contribution in [0.5, 0.6) is 0 Å². The molecule has 2 fully saturated rings. The van der Waals surface area contributed by atoms with Crippen LogP contribution < -0.4 is 35.0 Å². The summed E-state index contributed by atoms with van der Waals surface area (Å²) >= 11 is 0. The number of nitrogens with one attached hydrogen (secondary N) is 2. The Morgan fingerprint density at radius 2 is 2.15 bits per heavy atom. The quantitative estimate of drug-likeness (QED) is 0.370. The maximum atomic E-state index is 11.2. The van der Waals surface area contributed by atoms with Gasteiger partial charge in [0.25, 0.3) is 0 Å². The van der Waals surface area contributed by atoms with E-state index >= 15 is 0 Å². The zero-order chi connectivity index (χ0) is 8.55. The fourth-order valence-corrected chi connectivity index (χ4v) is 2.34. The van der Waals surface area contributed by atoms with Crippen LogP contribution in [0, 0.1) is 5.92 Å². The van der Waals surface area contributed by atoms with E-state index < -0.39 is 0 Å².